The van der Waals surface area contributed by atoms with Gasteiger partial charge in [-0.15, -0.1) is 0 Å². The Bertz CT molecular complexity index is 194. The number of fused-ring (bicyclic) bond motifs is 2. The highest BCUT2D eigenvalue weighted by atomic mass is 32.1. The summed E-state index contributed by atoms with van der Waals surface area (Å²) in [5, 5.41) is 9.71. The number of hydrogen-bond acceptors (Lipinski definition) is 3. The van der Waals surface area contributed by atoms with Gasteiger partial charge in [0.1, 0.15) is 0 Å². The Balaban J connectivity index is 1.93. The van der Waals surface area contributed by atoms with E-state index in [1.54, 1.807) is 0 Å². The van der Waals surface area contributed by atoms with Gasteiger partial charge in [0.05, 0.1) is 6.10 Å². The molecule has 2 nitrogen and oxygen atoms in total. The zero-order chi connectivity index (χ0) is 10.8. The first kappa shape index (κ1) is 11.7. The number of nitrogens with zero attached hydrogens (tertiary/aromatic N) is 1. The molecule has 2 saturated heterocycles. The molecule has 0 radical (unpaired) electrons. The van der Waals surface area contributed by atoms with E-state index >= 15 is 0 Å². The highest BCUT2D eigenvalue weighted by Gasteiger charge is 2.40. The van der Waals surface area contributed by atoms with Crippen LogP contribution in [0.2, 0.25) is 0 Å². The average molecular weight is 229 g/mol. The molecule has 2 aliphatic rings. The van der Waals surface area contributed by atoms with Crippen molar-refractivity contribution in [1.29, 1.82) is 0 Å². The molecule has 3 heteroatoms. The largest absolute Gasteiger partial charge is 0.393 e. The Morgan fingerprint density at radius 3 is 2.40 bits per heavy atom. The van der Waals surface area contributed by atoms with Crippen molar-refractivity contribution >= 4 is 12.6 Å². The summed E-state index contributed by atoms with van der Waals surface area (Å²) in [5.74, 6) is 1.72. The van der Waals surface area contributed by atoms with Gasteiger partial charge < -0.3 is 5.11 Å². The lowest BCUT2D eigenvalue weighted by atomic mass is 9.97. The summed E-state index contributed by atoms with van der Waals surface area (Å²) in [6.45, 7) is 3.45. The van der Waals surface area contributed by atoms with E-state index in [0.29, 0.717) is 12.1 Å². The second kappa shape index (κ2) is 5.07. The van der Waals surface area contributed by atoms with Crippen molar-refractivity contribution in [3.63, 3.8) is 0 Å². The molecule has 0 aromatic carbocycles. The molecule has 2 heterocycles. The number of piperidine rings is 1. The van der Waals surface area contributed by atoms with Gasteiger partial charge >= 0.3 is 0 Å². The van der Waals surface area contributed by atoms with Crippen LogP contribution in [-0.4, -0.2) is 40.5 Å². The average Bonchev–Trinajstić information content (AvgIpc) is 2.47. The first-order valence-corrected chi connectivity index (χ1v) is 6.92. The van der Waals surface area contributed by atoms with Crippen molar-refractivity contribution in [2.45, 2.75) is 57.2 Å². The van der Waals surface area contributed by atoms with Crippen LogP contribution in [0.4, 0.5) is 0 Å². The van der Waals surface area contributed by atoms with Crippen molar-refractivity contribution in [2.24, 2.45) is 5.92 Å². The Morgan fingerprint density at radius 1 is 1.33 bits per heavy atom. The fraction of sp³-hybridized carbons (Fsp3) is 1.00. The summed E-state index contributed by atoms with van der Waals surface area (Å²) in [7, 11) is 0. The van der Waals surface area contributed by atoms with Crippen LogP contribution in [0.25, 0.3) is 0 Å². The molecule has 2 fully saturated rings. The quantitative estimate of drug-likeness (QED) is 0.720. The third kappa shape index (κ3) is 2.51. The van der Waals surface area contributed by atoms with E-state index in [1.807, 2.05) is 0 Å². The first-order valence-electron chi connectivity index (χ1n) is 6.29. The second-order valence-electron chi connectivity index (χ2n) is 5.16. The van der Waals surface area contributed by atoms with Gasteiger partial charge in [0.2, 0.25) is 0 Å². The number of aliphatic hydroxyl groups excluding tert-OH is 1. The van der Waals surface area contributed by atoms with Gasteiger partial charge in [0.25, 0.3) is 0 Å². The lowest BCUT2D eigenvalue weighted by Crippen LogP contribution is -2.46. The molecule has 15 heavy (non-hydrogen) atoms. The summed E-state index contributed by atoms with van der Waals surface area (Å²) in [4.78, 5) is 2.65. The molecular weight excluding hydrogens is 206 g/mol. The maximum absolute atomic E-state index is 9.71. The summed E-state index contributed by atoms with van der Waals surface area (Å²) >= 11 is 4.42. The van der Waals surface area contributed by atoms with Crippen molar-refractivity contribution in [3.05, 3.63) is 0 Å². The molecule has 3 unspecified atom stereocenters. The molecule has 2 bridgehead atoms. The van der Waals surface area contributed by atoms with Crippen LogP contribution in [-0.2, 0) is 0 Å². The minimum atomic E-state index is -0.0326. The number of aliphatic hydroxyl groups is 1. The molecule has 0 aromatic heterocycles. The Morgan fingerprint density at radius 2 is 1.93 bits per heavy atom. The van der Waals surface area contributed by atoms with Crippen LogP contribution in [0.5, 0.6) is 0 Å². The van der Waals surface area contributed by atoms with Crippen LogP contribution in [0.15, 0.2) is 0 Å². The topological polar surface area (TPSA) is 23.5 Å². The lowest BCUT2D eigenvalue weighted by molar-refractivity contribution is 0.0283. The van der Waals surface area contributed by atoms with E-state index in [1.165, 1.54) is 25.8 Å². The van der Waals surface area contributed by atoms with E-state index in [9.17, 15) is 5.11 Å². The van der Waals surface area contributed by atoms with E-state index < -0.39 is 0 Å². The number of hydrogen-bond donors (Lipinski definition) is 2. The molecule has 88 valence electrons. The molecule has 0 aliphatic carbocycles. The van der Waals surface area contributed by atoms with Crippen LogP contribution in [0.3, 0.4) is 0 Å². The molecule has 0 spiro atoms. The van der Waals surface area contributed by atoms with Crippen LogP contribution < -0.4 is 0 Å². The molecule has 0 aromatic rings. The van der Waals surface area contributed by atoms with Gasteiger partial charge in [0.15, 0.2) is 0 Å². The molecule has 0 amide bonds. The third-order valence-corrected chi connectivity index (χ3v) is 4.68. The van der Waals surface area contributed by atoms with Crippen molar-refractivity contribution in [3.8, 4) is 0 Å². The fourth-order valence-corrected chi connectivity index (χ4v) is 3.53. The van der Waals surface area contributed by atoms with Crippen molar-refractivity contribution < 1.29 is 5.11 Å². The lowest BCUT2D eigenvalue weighted by Gasteiger charge is -2.38. The fourth-order valence-electron chi connectivity index (χ4n) is 3.16. The van der Waals surface area contributed by atoms with E-state index in [2.05, 4.69) is 24.5 Å². The van der Waals surface area contributed by atoms with Crippen LogP contribution >= 0.6 is 12.6 Å². The van der Waals surface area contributed by atoms with Crippen molar-refractivity contribution in [1.82, 2.24) is 4.90 Å². The minimum absolute atomic E-state index is 0.0326. The highest BCUT2D eigenvalue weighted by Crippen LogP contribution is 2.36. The van der Waals surface area contributed by atoms with E-state index in [4.69, 9.17) is 0 Å². The Hall–Kier alpha value is 0.270. The van der Waals surface area contributed by atoms with Gasteiger partial charge in [-0.3, -0.25) is 4.90 Å². The summed E-state index contributed by atoms with van der Waals surface area (Å²) < 4.78 is 0. The monoisotopic (exact) mass is 229 g/mol. The number of rotatable bonds is 4. The molecular formula is C12H23NOS. The maximum Gasteiger partial charge on any atom is 0.0570 e. The van der Waals surface area contributed by atoms with Gasteiger partial charge in [0, 0.05) is 18.6 Å². The van der Waals surface area contributed by atoms with Crippen LogP contribution in [0.1, 0.15) is 39.0 Å². The minimum Gasteiger partial charge on any atom is -0.393 e. The van der Waals surface area contributed by atoms with E-state index in [0.717, 1.165) is 24.5 Å². The van der Waals surface area contributed by atoms with Gasteiger partial charge in [-0.05, 0) is 37.4 Å². The van der Waals surface area contributed by atoms with Gasteiger partial charge in [-0.1, -0.05) is 13.3 Å². The molecule has 0 saturated carbocycles. The maximum atomic E-state index is 9.71. The highest BCUT2D eigenvalue weighted by molar-refractivity contribution is 7.80. The third-order valence-electron chi connectivity index (χ3n) is 4.16. The Kier molecular flexibility index (Phi) is 3.97. The molecule has 2 rings (SSSR count). The van der Waals surface area contributed by atoms with Crippen molar-refractivity contribution in [2.75, 3.05) is 12.3 Å². The zero-order valence-electron chi connectivity index (χ0n) is 9.60. The Labute approximate surface area is 98.5 Å². The number of thiol groups is 1. The normalized spacial score (nSPS) is 38.2. The standard InChI is InChI=1S/C12H23NOS/c1-2-9(8-15)7-13-10-3-4-11(13)6-12(14)5-10/h9-12,14-15H,2-8H2,1H3. The van der Waals surface area contributed by atoms with E-state index in [-0.39, 0.29) is 6.10 Å². The smallest absolute Gasteiger partial charge is 0.0570 e. The molecule has 3 atom stereocenters. The van der Waals surface area contributed by atoms with Gasteiger partial charge in [-0.2, -0.15) is 12.6 Å². The molecule has 2 aliphatic heterocycles. The van der Waals surface area contributed by atoms with Gasteiger partial charge in [-0.25, -0.2) is 0 Å². The van der Waals surface area contributed by atoms with Crippen LogP contribution in [0, 0.1) is 5.92 Å². The summed E-state index contributed by atoms with van der Waals surface area (Å²) in [5.41, 5.74) is 0. The first-order chi connectivity index (χ1) is 7.24. The second-order valence-corrected chi connectivity index (χ2v) is 5.53. The zero-order valence-corrected chi connectivity index (χ0v) is 10.5. The summed E-state index contributed by atoms with van der Waals surface area (Å²) in [6, 6.07) is 1.32. The predicted octanol–water partition coefficient (Wildman–Crippen LogP) is 1.93. The SMILES string of the molecule is CCC(CS)CN1C2CCC1CC(O)C2. The molecule has 1 N–H and O–H groups in total. The predicted molar refractivity (Wildman–Crippen MR) is 66.4 cm³/mol. The summed E-state index contributed by atoms with van der Waals surface area (Å²) in [6.07, 6.45) is 5.78.